The monoisotopic (exact) mass is 376 g/mol. The molecule has 1 heterocycles. The number of anilines is 1. The van der Waals surface area contributed by atoms with E-state index in [-0.39, 0.29) is 18.3 Å². The van der Waals surface area contributed by atoms with Crippen LogP contribution in [0.5, 0.6) is 0 Å². The molecule has 7 heteroatoms. The van der Waals surface area contributed by atoms with Crippen molar-refractivity contribution >= 4 is 26.6 Å². The van der Waals surface area contributed by atoms with Crippen molar-refractivity contribution in [1.82, 2.24) is 4.98 Å². The summed E-state index contributed by atoms with van der Waals surface area (Å²) >= 11 is 0. The number of H-pyrrole nitrogens is 1. The van der Waals surface area contributed by atoms with Gasteiger partial charge < -0.3 is 10.1 Å². The number of aryl methyl sites for hydroxylation is 1. The van der Waals surface area contributed by atoms with Crippen LogP contribution in [0.1, 0.15) is 29.0 Å². The largest absolute Gasteiger partial charge is 0.396 e. The normalized spacial score (nSPS) is 13.1. The molecule has 1 aromatic heterocycles. The fourth-order valence-corrected chi connectivity index (χ4v) is 3.96. The first kappa shape index (κ1) is 18.4. The maximum Gasteiger partial charge on any atom is 0.229 e. The molecule has 0 saturated carbocycles. The fraction of sp³-hybridized carbons (Fsp3) is 0.263. The Morgan fingerprint density at radius 3 is 2.65 bits per heavy atom. The smallest absolute Gasteiger partial charge is 0.229 e. The summed E-state index contributed by atoms with van der Waals surface area (Å²) in [5, 5.41) is 10.4. The maximum atomic E-state index is 13.5. The van der Waals surface area contributed by atoms with Gasteiger partial charge in [0.1, 0.15) is 5.82 Å². The van der Waals surface area contributed by atoms with Crippen LogP contribution in [0.3, 0.4) is 0 Å². The van der Waals surface area contributed by atoms with Gasteiger partial charge >= 0.3 is 0 Å². The molecule has 1 atom stereocenters. The molecule has 0 spiro atoms. The summed E-state index contributed by atoms with van der Waals surface area (Å²) in [5.41, 5.74) is 3.82. The van der Waals surface area contributed by atoms with Crippen LogP contribution in [0, 0.1) is 12.7 Å². The first-order valence-corrected chi connectivity index (χ1v) is 10.1. The number of rotatable bonds is 6. The molecule has 2 aromatic carbocycles. The van der Waals surface area contributed by atoms with Crippen LogP contribution in [-0.4, -0.2) is 31.4 Å². The highest BCUT2D eigenvalue weighted by molar-refractivity contribution is 7.92. The van der Waals surface area contributed by atoms with E-state index in [9.17, 15) is 17.9 Å². The number of aromatic nitrogens is 1. The van der Waals surface area contributed by atoms with Crippen molar-refractivity contribution in [3.63, 3.8) is 0 Å². The maximum absolute atomic E-state index is 13.5. The molecule has 0 aliphatic carbocycles. The Balaban J connectivity index is 2.14. The lowest BCUT2D eigenvalue weighted by Crippen LogP contribution is -2.09. The molecule has 1 unspecified atom stereocenters. The van der Waals surface area contributed by atoms with E-state index in [2.05, 4.69) is 9.71 Å². The van der Waals surface area contributed by atoms with Crippen LogP contribution in [0.2, 0.25) is 0 Å². The van der Waals surface area contributed by atoms with Crippen molar-refractivity contribution in [1.29, 1.82) is 0 Å². The molecular formula is C19H21FN2O3S. The number of aromatic amines is 1. The standard InChI is InChI=1S/C19H21FN2O3S/c1-12-10-13(20)6-7-14(12)15(8-9-23)17-11-21-19-16(17)4-3-5-18(19)22-26(2,24)25/h3-7,10-11,15,21-23H,8-9H2,1-2H3. The van der Waals surface area contributed by atoms with Gasteiger partial charge in [-0.15, -0.1) is 0 Å². The van der Waals surface area contributed by atoms with Gasteiger partial charge in [-0.25, -0.2) is 12.8 Å². The number of aliphatic hydroxyl groups excluding tert-OH is 1. The van der Waals surface area contributed by atoms with E-state index in [4.69, 9.17) is 0 Å². The van der Waals surface area contributed by atoms with Crippen LogP contribution in [-0.2, 0) is 10.0 Å². The molecule has 5 nitrogen and oxygen atoms in total. The van der Waals surface area contributed by atoms with E-state index in [1.807, 2.05) is 19.2 Å². The van der Waals surface area contributed by atoms with Crippen molar-refractivity contribution < 1.29 is 17.9 Å². The van der Waals surface area contributed by atoms with Crippen molar-refractivity contribution in [3.05, 3.63) is 65.1 Å². The van der Waals surface area contributed by atoms with Gasteiger partial charge in [0.2, 0.25) is 10.0 Å². The number of nitrogens with one attached hydrogen (secondary N) is 2. The predicted molar refractivity (Wildman–Crippen MR) is 101 cm³/mol. The Bertz CT molecular complexity index is 1040. The topological polar surface area (TPSA) is 82.2 Å². The van der Waals surface area contributed by atoms with Crippen molar-refractivity contribution in [2.45, 2.75) is 19.3 Å². The second-order valence-corrected chi connectivity index (χ2v) is 8.16. The van der Waals surface area contributed by atoms with Gasteiger partial charge in [-0.05, 0) is 48.2 Å². The first-order valence-electron chi connectivity index (χ1n) is 8.25. The zero-order chi connectivity index (χ0) is 18.9. The van der Waals surface area contributed by atoms with E-state index < -0.39 is 10.0 Å². The van der Waals surface area contributed by atoms with Crippen LogP contribution < -0.4 is 4.72 Å². The zero-order valence-corrected chi connectivity index (χ0v) is 15.4. The second-order valence-electron chi connectivity index (χ2n) is 6.41. The molecule has 0 fully saturated rings. The molecular weight excluding hydrogens is 355 g/mol. The van der Waals surface area contributed by atoms with Crippen LogP contribution in [0.4, 0.5) is 10.1 Å². The van der Waals surface area contributed by atoms with Gasteiger partial charge in [0.25, 0.3) is 0 Å². The number of para-hydroxylation sites is 1. The summed E-state index contributed by atoms with van der Waals surface area (Å²) in [6.45, 7) is 1.82. The van der Waals surface area contributed by atoms with Gasteiger partial charge in [-0.2, -0.15) is 0 Å². The van der Waals surface area contributed by atoms with Crippen LogP contribution in [0.15, 0.2) is 42.6 Å². The summed E-state index contributed by atoms with van der Waals surface area (Å²) in [4.78, 5) is 3.14. The van der Waals surface area contributed by atoms with E-state index in [0.717, 1.165) is 28.3 Å². The summed E-state index contributed by atoms with van der Waals surface area (Å²) in [7, 11) is -3.41. The number of sulfonamides is 1. The Morgan fingerprint density at radius 2 is 2.00 bits per heavy atom. The first-order chi connectivity index (χ1) is 12.3. The van der Waals surface area contributed by atoms with Gasteiger partial charge in [-0.1, -0.05) is 18.2 Å². The lowest BCUT2D eigenvalue weighted by Gasteiger charge is -2.19. The average molecular weight is 376 g/mol. The highest BCUT2D eigenvalue weighted by Crippen LogP contribution is 2.37. The minimum absolute atomic E-state index is 0.0184. The van der Waals surface area contributed by atoms with Crippen molar-refractivity contribution in [2.75, 3.05) is 17.6 Å². The fourth-order valence-electron chi connectivity index (χ4n) is 3.39. The van der Waals surface area contributed by atoms with Gasteiger partial charge in [-0.3, -0.25) is 4.72 Å². The zero-order valence-electron chi connectivity index (χ0n) is 14.6. The number of hydrogen-bond donors (Lipinski definition) is 3. The average Bonchev–Trinajstić information content (AvgIpc) is 2.97. The predicted octanol–water partition coefficient (Wildman–Crippen LogP) is 3.50. The van der Waals surface area contributed by atoms with E-state index >= 15 is 0 Å². The molecule has 0 amide bonds. The minimum Gasteiger partial charge on any atom is -0.396 e. The Labute approximate surface area is 151 Å². The van der Waals surface area contributed by atoms with Gasteiger partial charge in [0, 0.05) is 24.1 Å². The number of fused-ring (bicyclic) bond motifs is 1. The molecule has 3 N–H and O–H groups in total. The number of halogens is 1. The van der Waals surface area contributed by atoms with Crippen LogP contribution in [0.25, 0.3) is 10.9 Å². The molecule has 0 radical (unpaired) electrons. The summed E-state index contributed by atoms with van der Waals surface area (Å²) < 4.78 is 39.2. The molecule has 0 aliphatic rings. The summed E-state index contributed by atoms with van der Waals surface area (Å²) in [5.74, 6) is -0.435. The second kappa shape index (κ2) is 7.09. The third-order valence-corrected chi connectivity index (χ3v) is 5.03. The highest BCUT2D eigenvalue weighted by Gasteiger charge is 2.21. The lowest BCUT2D eigenvalue weighted by atomic mass is 9.86. The highest BCUT2D eigenvalue weighted by atomic mass is 32.2. The van der Waals surface area contributed by atoms with Crippen molar-refractivity contribution in [3.8, 4) is 0 Å². The van der Waals surface area contributed by atoms with E-state index in [0.29, 0.717) is 17.6 Å². The molecule has 3 rings (SSSR count). The molecule has 0 bridgehead atoms. The van der Waals surface area contributed by atoms with Gasteiger partial charge in [0.05, 0.1) is 17.5 Å². The van der Waals surface area contributed by atoms with Crippen molar-refractivity contribution in [2.24, 2.45) is 0 Å². The Morgan fingerprint density at radius 1 is 1.23 bits per heavy atom. The summed E-state index contributed by atoms with van der Waals surface area (Å²) in [6, 6.07) is 10.00. The molecule has 0 saturated heterocycles. The Kier molecular flexibility index (Phi) is 5.02. The third kappa shape index (κ3) is 3.73. The van der Waals surface area contributed by atoms with Crippen LogP contribution >= 0.6 is 0 Å². The minimum atomic E-state index is -3.41. The Hall–Kier alpha value is -2.38. The molecule has 3 aromatic rings. The van der Waals surface area contributed by atoms with E-state index in [1.165, 1.54) is 12.1 Å². The lowest BCUT2D eigenvalue weighted by molar-refractivity contribution is 0.281. The molecule has 138 valence electrons. The third-order valence-electron chi connectivity index (χ3n) is 4.44. The number of hydrogen-bond acceptors (Lipinski definition) is 3. The van der Waals surface area contributed by atoms with E-state index in [1.54, 1.807) is 18.2 Å². The summed E-state index contributed by atoms with van der Waals surface area (Å²) in [6.07, 6.45) is 3.40. The van der Waals surface area contributed by atoms with Gasteiger partial charge in [0.15, 0.2) is 0 Å². The number of benzene rings is 2. The molecule has 26 heavy (non-hydrogen) atoms. The molecule has 0 aliphatic heterocycles. The SMILES string of the molecule is Cc1cc(F)ccc1C(CCO)c1c[nH]c2c(NS(C)(=O)=O)cccc12. The quantitative estimate of drug-likeness (QED) is 0.616. The number of aliphatic hydroxyl groups is 1.